The fraction of sp³-hybridized carbons (Fsp3) is 1.00. The maximum atomic E-state index is 2.51. The van der Waals surface area contributed by atoms with Crippen LogP contribution in [0.1, 0.15) is 46.5 Å². The monoisotopic (exact) mass is 228 g/mol. The van der Waals surface area contributed by atoms with E-state index < -0.39 is 0 Å². The molecule has 1 rings (SSSR count). The Bertz CT molecular complexity index is 140. The van der Waals surface area contributed by atoms with Crippen LogP contribution in [0.15, 0.2) is 0 Å². The molecule has 0 aliphatic carbocycles. The molecule has 0 amide bonds. The number of hydrogen-bond donors (Lipinski definition) is 0. The molecule has 0 radical (unpaired) electrons. The Labute approximate surface area is 103 Å². The van der Waals surface area contributed by atoms with Gasteiger partial charge in [-0.25, -0.2) is 0 Å². The van der Waals surface area contributed by atoms with Gasteiger partial charge in [-0.1, -0.05) is 27.2 Å². The molecule has 0 spiro atoms. The maximum absolute atomic E-state index is 2.51. The predicted octanol–water partition coefficient (Wildman–Crippen LogP) is 3.09. The van der Waals surface area contributed by atoms with Crippen molar-refractivity contribution in [2.45, 2.75) is 46.5 Å². The van der Waals surface area contributed by atoms with Gasteiger partial charge in [0.15, 0.2) is 0 Å². The van der Waals surface area contributed by atoms with Gasteiger partial charge in [0, 0.05) is 6.54 Å². The minimum atomic E-state index is 0.952. The summed E-state index contributed by atoms with van der Waals surface area (Å²) in [6, 6.07) is 0. The third kappa shape index (κ3) is 7.24. The van der Waals surface area contributed by atoms with Crippen LogP contribution in [0, 0.1) is 5.92 Å². The molecule has 0 unspecified atom stereocenters. The van der Waals surface area contributed by atoms with Gasteiger partial charge in [0.1, 0.15) is 0 Å². The van der Waals surface area contributed by atoms with Crippen molar-refractivity contribution in [1.29, 1.82) is 0 Å². The first kappa shape index (κ1) is 15.9. The second kappa shape index (κ2) is 10.1. The van der Waals surface area contributed by atoms with E-state index in [-0.39, 0.29) is 0 Å². The van der Waals surface area contributed by atoms with Gasteiger partial charge in [0.05, 0.1) is 0 Å². The SMILES string of the molecule is CC.CCCCN(C)CC1CCN(C)CC1. The number of likely N-dealkylation sites (tertiary alicyclic amines) is 1. The van der Waals surface area contributed by atoms with E-state index in [9.17, 15) is 0 Å². The van der Waals surface area contributed by atoms with Crippen LogP contribution in [-0.4, -0.2) is 50.1 Å². The Hall–Kier alpha value is -0.0800. The molecule has 0 aromatic carbocycles. The van der Waals surface area contributed by atoms with Crippen LogP contribution in [0.4, 0.5) is 0 Å². The number of piperidine rings is 1. The standard InChI is InChI=1S/C12H26N2.C2H6/c1-4-5-8-14(3)11-12-6-9-13(2)10-7-12;1-2/h12H,4-11H2,1-3H3;1-2H3. The highest BCUT2D eigenvalue weighted by molar-refractivity contribution is 4.72. The first-order valence-electron chi connectivity index (χ1n) is 7.09. The predicted molar refractivity (Wildman–Crippen MR) is 74.0 cm³/mol. The molecule has 0 N–H and O–H groups in total. The smallest absolute Gasteiger partial charge is 0.000756 e. The largest absolute Gasteiger partial charge is 0.306 e. The molecular weight excluding hydrogens is 196 g/mol. The van der Waals surface area contributed by atoms with Crippen LogP contribution in [-0.2, 0) is 0 Å². The molecule has 98 valence electrons. The van der Waals surface area contributed by atoms with Crippen molar-refractivity contribution in [3.63, 3.8) is 0 Å². The van der Waals surface area contributed by atoms with E-state index in [4.69, 9.17) is 0 Å². The third-order valence-corrected chi connectivity index (χ3v) is 3.30. The van der Waals surface area contributed by atoms with Gasteiger partial charge in [-0.15, -0.1) is 0 Å². The number of unbranched alkanes of at least 4 members (excludes halogenated alkanes) is 1. The van der Waals surface area contributed by atoms with Gasteiger partial charge in [0.25, 0.3) is 0 Å². The molecule has 1 heterocycles. The second-order valence-electron chi connectivity index (χ2n) is 4.86. The van der Waals surface area contributed by atoms with Crippen LogP contribution in [0.3, 0.4) is 0 Å². The minimum absolute atomic E-state index is 0.952. The summed E-state index contributed by atoms with van der Waals surface area (Å²) in [5, 5.41) is 0. The summed E-state index contributed by atoms with van der Waals surface area (Å²) in [6.45, 7) is 11.5. The zero-order valence-electron chi connectivity index (χ0n) is 12.1. The molecule has 0 bridgehead atoms. The Kier molecular flexibility index (Phi) is 10.0. The Morgan fingerprint density at radius 2 is 1.75 bits per heavy atom. The van der Waals surface area contributed by atoms with Crippen molar-refractivity contribution in [1.82, 2.24) is 9.80 Å². The van der Waals surface area contributed by atoms with Gasteiger partial charge in [0.2, 0.25) is 0 Å². The second-order valence-corrected chi connectivity index (χ2v) is 4.86. The summed E-state index contributed by atoms with van der Waals surface area (Å²) >= 11 is 0. The lowest BCUT2D eigenvalue weighted by Gasteiger charge is -2.31. The van der Waals surface area contributed by atoms with Crippen molar-refractivity contribution < 1.29 is 0 Å². The fourth-order valence-corrected chi connectivity index (χ4v) is 2.20. The molecule has 0 aromatic heterocycles. The van der Waals surface area contributed by atoms with E-state index in [1.54, 1.807) is 0 Å². The number of rotatable bonds is 5. The van der Waals surface area contributed by atoms with E-state index >= 15 is 0 Å². The van der Waals surface area contributed by atoms with E-state index in [1.165, 1.54) is 51.9 Å². The average Bonchev–Trinajstić information content (AvgIpc) is 2.32. The molecule has 0 aromatic rings. The zero-order chi connectivity index (χ0) is 12.4. The third-order valence-electron chi connectivity index (χ3n) is 3.30. The summed E-state index contributed by atoms with van der Waals surface area (Å²) in [6.07, 6.45) is 5.46. The summed E-state index contributed by atoms with van der Waals surface area (Å²) < 4.78 is 0. The normalized spacial score (nSPS) is 18.4. The summed E-state index contributed by atoms with van der Waals surface area (Å²) in [5.41, 5.74) is 0. The number of hydrogen-bond acceptors (Lipinski definition) is 2. The molecule has 2 heteroatoms. The van der Waals surface area contributed by atoms with Crippen LogP contribution in [0.2, 0.25) is 0 Å². The lowest BCUT2D eigenvalue weighted by atomic mass is 9.96. The summed E-state index contributed by atoms with van der Waals surface area (Å²) in [4.78, 5) is 4.96. The quantitative estimate of drug-likeness (QED) is 0.713. The molecule has 0 saturated carbocycles. The van der Waals surface area contributed by atoms with Gasteiger partial charge in [-0.05, 0) is 58.9 Å². The Balaban J connectivity index is 0.00000106. The van der Waals surface area contributed by atoms with Gasteiger partial charge >= 0.3 is 0 Å². The molecule has 1 saturated heterocycles. The number of nitrogens with zero attached hydrogens (tertiary/aromatic N) is 2. The van der Waals surface area contributed by atoms with Crippen molar-refractivity contribution in [2.75, 3.05) is 40.3 Å². The first-order chi connectivity index (χ1) is 7.72. The van der Waals surface area contributed by atoms with Gasteiger partial charge < -0.3 is 9.80 Å². The van der Waals surface area contributed by atoms with Gasteiger partial charge in [-0.2, -0.15) is 0 Å². The van der Waals surface area contributed by atoms with Crippen molar-refractivity contribution >= 4 is 0 Å². The lowest BCUT2D eigenvalue weighted by Crippen LogP contribution is -2.35. The van der Waals surface area contributed by atoms with Crippen LogP contribution in [0.25, 0.3) is 0 Å². The minimum Gasteiger partial charge on any atom is -0.306 e. The zero-order valence-corrected chi connectivity index (χ0v) is 12.1. The highest BCUT2D eigenvalue weighted by atomic mass is 15.1. The summed E-state index contributed by atoms with van der Waals surface area (Å²) in [5.74, 6) is 0.952. The highest BCUT2D eigenvalue weighted by Crippen LogP contribution is 2.16. The first-order valence-corrected chi connectivity index (χ1v) is 7.09. The Morgan fingerprint density at radius 1 is 1.19 bits per heavy atom. The van der Waals surface area contributed by atoms with E-state index in [0.29, 0.717) is 0 Å². The fourth-order valence-electron chi connectivity index (χ4n) is 2.20. The van der Waals surface area contributed by atoms with Crippen LogP contribution < -0.4 is 0 Å². The van der Waals surface area contributed by atoms with E-state index in [1.807, 2.05) is 13.8 Å². The van der Waals surface area contributed by atoms with Crippen LogP contribution >= 0.6 is 0 Å². The van der Waals surface area contributed by atoms with Gasteiger partial charge in [-0.3, -0.25) is 0 Å². The van der Waals surface area contributed by atoms with E-state index in [2.05, 4.69) is 30.8 Å². The average molecular weight is 228 g/mol. The van der Waals surface area contributed by atoms with E-state index in [0.717, 1.165) is 5.92 Å². The Morgan fingerprint density at radius 3 is 2.25 bits per heavy atom. The molecule has 1 aliphatic heterocycles. The van der Waals surface area contributed by atoms with Crippen LogP contribution in [0.5, 0.6) is 0 Å². The molecule has 0 atom stereocenters. The maximum Gasteiger partial charge on any atom is 0.000756 e. The highest BCUT2D eigenvalue weighted by Gasteiger charge is 2.17. The molecule has 1 fully saturated rings. The van der Waals surface area contributed by atoms with Crippen molar-refractivity contribution in [3.8, 4) is 0 Å². The molecule has 16 heavy (non-hydrogen) atoms. The van der Waals surface area contributed by atoms with Crippen molar-refractivity contribution in [3.05, 3.63) is 0 Å². The molecule has 2 nitrogen and oxygen atoms in total. The lowest BCUT2D eigenvalue weighted by molar-refractivity contribution is 0.175. The molecular formula is C14H32N2. The topological polar surface area (TPSA) is 6.48 Å². The van der Waals surface area contributed by atoms with Crippen molar-refractivity contribution in [2.24, 2.45) is 5.92 Å². The molecule has 1 aliphatic rings. The summed E-state index contributed by atoms with van der Waals surface area (Å²) in [7, 11) is 4.50.